The highest BCUT2D eigenvalue weighted by Crippen LogP contribution is 2.24. The van der Waals surface area contributed by atoms with Gasteiger partial charge in [-0.15, -0.1) is 0 Å². The molecule has 0 bridgehead atoms. The molecular formula is C14H14N4O3. The molecular weight excluding hydrogens is 272 g/mol. The van der Waals surface area contributed by atoms with Gasteiger partial charge in [0.2, 0.25) is 0 Å². The zero-order chi connectivity index (χ0) is 15.2. The first-order valence-corrected chi connectivity index (χ1v) is 6.19. The molecule has 0 fully saturated rings. The lowest BCUT2D eigenvalue weighted by atomic mass is 10.1. The van der Waals surface area contributed by atoms with Gasteiger partial charge in [0.05, 0.1) is 4.92 Å². The zero-order valence-corrected chi connectivity index (χ0v) is 11.1. The fourth-order valence-corrected chi connectivity index (χ4v) is 1.83. The highest BCUT2D eigenvalue weighted by atomic mass is 16.6. The van der Waals surface area contributed by atoms with Crippen LogP contribution in [0.5, 0.6) is 0 Å². The summed E-state index contributed by atoms with van der Waals surface area (Å²) in [5, 5.41) is 13.5. The Bertz CT molecular complexity index is 659. The van der Waals surface area contributed by atoms with Crippen LogP contribution in [0.4, 0.5) is 11.4 Å². The minimum atomic E-state index is -0.569. The van der Waals surface area contributed by atoms with E-state index in [2.05, 4.69) is 10.7 Å². The molecule has 0 spiro atoms. The second kappa shape index (κ2) is 6.49. The van der Waals surface area contributed by atoms with Crippen molar-refractivity contribution in [1.82, 2.24) is 5.32 Å². The van der Waals surface area contributed by atoms with Gasteiger partial charge >= 0.3 is 0 Å². The standard InChI is InChI=1S/C14H14N4O3/c15-17-12-8-11(6-7-13(12)18(20)21)14(19)16-9-10-4-2-1-3-5-10/h1-8,17H,9,15H2,(H,16,19). The highest BCUT2D eigenvalue weighted by Gasteiger charge is 2.15. The average molecular weight is 286 g/mol. The van der Waals surface area contributed by atoms with Crippen molar-refractivity contribution in [3.63, 3.8) is 0 Å². The van der Waals surface area contributed by atoms with E-state index in [0.29, 0.717) is 12.1 Å². The third kappa shape index (κ3) is 3.54. The number of amides is 1. The second-order valence-electron chi connectivity index (χ2n) is 4.30. The molecule has 0 aliphatic heterocycles. The van der Waals surface area contributed by atoms with Crippen molar-refractivity contribution in [2.45, 2.75) is 6.54 Å². The van der Waals surface area contributed by atoms with Crippen molar-refractivity contribution < 1.29 is 9.72 Å². The summed E-state index contributed by atoms with van der Waals surface area (Å²) in [6.07, 6.45) is 0. The van der Waals surface area contributed by atoms with Gasteiger partial charge in [0, 0.05) is 18.2 Å². The molecule has 0 aromatic heterocycles. The van der Waals surface area contributed by atoms with E-state index in [9.17, 15) is 14.9 Å². The maximum atomic E-state index is 12.0. The summed E-state index contributed by atoms with van der Waals surface area (Å²) >= 11 is 0. The first-order valence-electron chi connectivity index (χ1n) is 6.19. The van der Waals surface area contributed by atoms with Crippen LogP contribution in [0.2, 0.25) is 0 Å². The molecule has 1 amide bonds. The molecule has 0 radical (unpaired) electrons. The number of nitrogen functional groups attached to an aromatic ring is 1. The number of carbonyl (C=O) groups excluding carboxylic acids is 1. The molecule has 2 aromatic carbocycles. The maximum absolute atomic E-state index is 12.0. The molecule has 0 aliphatic rings. The smallest absolute Gasteiger partial charge is 0.293 e. The van der Waals surface area contributed by atoms with Gasteiger partial charge < -0.3 is 10.7 Å². The quantitative estimate of drug-likeness (QED) is 0.441. The Labute approximate surface area is 120 Å². The van der Waals surface area contributed by atoms with E-state index in [4.69, 9.17) is 5.84 Å². The normalized spacial score (nSPS) is 9.95. The Morgan fingerprint density at radius 2 is 1.90 bits per heavy atom. The van der Waals surface area contributed by atoms with Crippen molar-refractivity contribution >= 4 is 17.3 Å². The highest BCUT2D eigenvalue weighted by molar-refractivity contribution is 5.95. The predicted octanol–water partition coefficient (Wildman–Crippen LogP) is 1.81. The minimum absolute atomic E-state index is 0.0901. The Hall–Kier alpha value is -2.93. The number of nitrogens with two attached hydrogens (primary N) is 1. The van der Waals surface area contributed by atoms with Crippen molar-refractivity contribution in [2.75, 3.05) is 5.43 Å². The minimum Gasteiger partial charge on any atom is -0.348 e. The molecule has 0 aliphatic carbocycles. The lowest BCUT2D eigenvalue weighted by Gasteiger charge is -2.07. The van der Waals surface area contributed by atoms with Crippen LogP contribution in [0, 0.1) is 10.1 Å². The number of hydrazine groups is 1. The molecule has 7 heteroatoms. The zero-order valence-electron chi connectivity index (χ0n) is 11.1. The summed E-state index contributed by atoms with van der Waals surface area (Å²) in [6.45, 7) is 0.377. The van der Waals surface area contributed by atoms with Gasteiger partial charge in [-0.2, -0.15) is 0 Å². The van der Waals surface area contributed by atoms with Gasteiger partial charge in [-0.05, 0) is 17.7 Å². The van der Waals surface area contributed by atoms with Crippen molar-refractivity contribution in [3.8, 4) is 0 Å². The van der Waals surface area contributed by atoms with Crippen molar-refractivity contribution in [3.05, 3.63) is 69.8 Å². The van der Waals surface area contributed by atoms with Gasteiger partial charge in [-0.25, -0.2) is 0 Å². The molecule has 21 heavy (non-hydrogen) atoms. The van der Waals surface area contributed by atoms with E-state index in [1.54, 1.807) is 0 Å². The number of nitrogens with one attached hydrogen (secondary N) is 2. The van der Waals surface area contributed by atoms with Crippen LogP contribution in [0.1, 0.15) is 15.9 Å². The molecule has 0 unspecified atom stereocenters. The lowest BCUT2D eigenvalue weighted by molar-refractivity contribution is -0.384. The van der Waals surface area contributed by atoms with Gasteiger partial charge in [0.1, 0.15) is 5.69 Å². The van der Waals surface area contributed by atoms with Gasteiger partial charge in [0.25, 0.3) is 11.6 Å². The van der Waals surface area contributed by atoms with Gasteiger partial charge in [-0.3, -0.25) is 20.8 Å². The number of rotatable bonds is 5. The van der Waals surface area contributed by atoms with Crippen molar-refractivity contribution in [1.29, 1.82) is 0 Å². The van der Waals surface area contributed by atoms with Crippen LogP contribution in [0.15, 0.2) is 48.5 Å². The monoisotopic (exact) mass is 286 g/mol. The SMILES string of the molecule is NNc1cc(C(=O)NCc2ccccc2)ccc1[N+](=O)[O-]. The number of hydrogen-bond acceptors (Lipinski definition) is 5. The number of nitrogens with zero attached hydrogens (tertiary/aromatic N) is 1. The summed E-state index contributed by atoms with van der Waals surface area (Å²) < 4.78 is 0. The third-order valence-electron chi connectivity index (χ3n) is 2.91. The fraction of sp³-hybridized carbons (Fsp3) is 0.0714. The molecule has 7 nitrogen and oxygen atoms in total. The largest absolute Gasteiger partial charge is 0.348 e. The Balaban J connectivity index is 2.11. The number of anilines is 1. The summed E-state index contributed by atoms with van der Waals surface area (Å²) in [4.78, 5) is 22.2. The summed E-state index contributed by atoms with van der Waals surface area (Å²) in [5.41, 5.74) is 3.39. The molecule has 108 valence electrons. The molecule has 2 rings (SSSR count). The summed E-state index contributed by atoms with van der Waals surface area (Å²) in [7, 11) is 0. The van der Waals surface area contributed by atoms with Crippen LogP contribution in [-0.4, -0.2) is 10.8 Å². The Kier molecular flexibility index (Phi) is 4.47. The number of nitro groups is 1. The third-order valence-corrected chi connectivity index (χ3v) is 2.91. The summed E-state index contributed by atoms with van der Waals surface area (Å²) in [6, 6.07) is 13.4. The number of hydrogen-bond donors (Lipinski definition) is 3. The molecule has 0 saturated carbocycles. The maximum Gasteiger partial charge on any atom is 0.293 e. The van der Waals surface area contributed by atoms with E-state index in [0.717, 1.165) is 5.56 Å². The topological polar surface area (TPSA) is 110 Å². The fourth-order valence-electron chi connectivity index (χ4n) is 1.83. The molecule has 0 atom stereocenters. The molecule has 0 saturated heterocycles. The molecule has 0 heterocycles. The number of nitro benzene ring substituents is 1. The first-order chi connectivity index (χ1) is 10.1. The van der Waals surface area contributed by atoms with Crippen molar-refractivity contribution in [2.24, 2.45) is 5.84 Å². The van der Waals surface area contributed by atoms with Crippen LogP contribution in [-0.2, 0) is 6.54 Å². The van der Waals surface area contributed by atoms with Gasteiger partial charge in [-0.1, -0.05) is 30.3 Å². The predicted molar refractivity (Wildman–Crippen MR) is 78.5 cm³/mol. The van der Waals surface area contributed by atoms with E-state index in [-0.39, 0.29) is 17.3 Å². The molecule has 4 N–H and O–H groups in total. The van der Waals surface area contributed by atoms with E-state index >= 15 is 0 Å². The average Bonchev–Trinajstić information content (AvgIpc) is 2.52. The lowest BCUT2D eigenvalue weighted by Crippen LogP contribution is -2.23. The van der Waals surface area contributed by atoms with Crippen LogP contribution in [0.3, 0.4) is 0 Å². The Morgan fingerprint density at radius 1 is 1.19 bits per heavy atom. The van der Waals surface area contributed by atoms with Crippen LogP contribution < -0.4 is 16.6 Å². The second-order valence-corrected chi connectivity index (χ2v) is 4.30. The number of carbonyl (C=O) groups is 1. The number of benzene rings is 2. The first kappa shape index (κ1) is 14.5. The molecule has 2 aromatic rings. The van der Waals surface area contributed by atoms with E-state index < -0.39 is 4.92 Å². The van der Waals surface area contributed by atoms with Crippen LogP contribution >= 0.6 is 0 Å². The van der Waals surface area contributed by atoms with Crippen LogP contribution in [0.25, 0.3) is 0 Å². The summed E-state index contributed by atoms with van der Waals surface area (Å²) in [5.74, 6) is 4.91. The van der Waals surface area contributed by atoms with Gasteiger partial charge in [0.15, 0.2) is 0 Å². The Morgan fingerprint density at radius 3 is 2.52 bits per heavy atom. The van der Waals surface area contributed by atoms with E-state index in [1.165, 1.54) is 18.2 Å². The van der Waals surface area contributed by atoms with E-state index in [1.807, 2.05) is 30.3 Å².